The summed E-state index contributed by atoms with van der Waals surface area (Å²) in [5.74, 6) is 0.0824. The Bertz CT molecular complexity index is 743. The van der Waals surface area contributed by atoms with E-state index >= 15 is 0 Å². The molecule has 2 amide bonds. The number of carbonyl (C=O) groups excluding carboxylic acids is 2. The number of nitrogens with one attached hydrogen (secondary N) is 2. The van der Waals surface area contributed by atoms with Crippen LogP contribution in [0.4, 0.5) is 15.6 Å². The molecule has 0 atom stereocenters. The molecule has 6 nitrogen and oxygen atoms in total. The van der Waals surface area contributed by atoms with Crippen molar-refractivity contribution < 1.29 is 14.3 Å². The molecule has 2 N–H and O–H groups in total. The number of thiophene rings is 1. The number of esters is 1. The molecule has 0 spiro atoms. The minimum atomic E-state index is -0.419. The topological polar surface area (TPSA) is 80.3 Å². The van der Waals surface area contributed by atoms with Crippen LogP contribution < -0.4 is 10.6 Å². The third-order valence-corrected chi connectivity index (χ3v) is 4.99. The molecule has 0 radical (unpaired) electrons. The largest absolute Gasteiger partial charge is 0.462 e. The number of fused-ring (bicyclic) bond motifs is 1. The lowest BCUT2D eigenvalue weighted by Crippen LogP contribution is -2.21. The number of aryl methyl sites for hydroxylation is 1. The fourth-order valence-electron chi connectivity index (χ4n) is 2.76. The van der Waals surface area contributed by atoms with Crippen LogP contribution in [-0.4, -0.2) is 23.6 Å². The number of pyridine rings is 1. The maximum Gasteiger partial charge on any atom is 0.341 e. The van der Waals surface area contributed by atoms with E-state index in [1.165, 1.54) is 11.3 Å². The number of carbonyl (C=O) groups is 2. The highest BCUT2D eigenvalue weighted by Gasteiger charge is 2.27. The standard InChI is InChI=1S/C17H19N3O3S/c1-2-23-16(21)14-11-7-3-4-8-12(11)24-15(14)20-17(22)19-13-9-5-6-10-18-13/h5-6,9-10H,2-4,7-8H2,1H3,(H2,18,19,20,22). The Hall–Kier alpha value is -2.41. The van der Waals surface area contributed by atoms with Gasteiger partial charge in [-0.15, -0.1) is 11.3 Å². The second-order valence-corrected chi connectivity index (χ2v) is 6.53. The summed E-state index contributed by atoms with van der Waals surface area (Å²) in [4.78, 5) is 29.8. The van der Waals surface area contributed by atoms with Crippen LogP contribution in [0.3, 0.4) is 0 Å². The molecule has 2 aromatic heterocycles. The van der Waals surface area contributed by atoms with Gasteiger partial charge in [-0.05, 0) is 50.3 Å². The monoisotopic (exact) mass is 345 g/mol. The number of hydrogen-bond donors (Lipinski definition) is 2. The maximum atomic E-state index is 12.3. The van der Waals surface area contributed by atoms with Crippen molar-refractivity contribution in [2.24, 2.45) is 0 Å². The molecule has 1 aliphatic carbocycles. The average Bonchev–Trinajstić information content (AvgIpc) is 2.93. The zero-order valence-electron chi connectivity index (χ0n) is 13.4. The van der Waals surface area contributed by atoms with Crippen LogP contribution in [0.15, 0.2) is 24.4 Å². The lowest BCUT2D eigenvalue weighted by molar-refractivity contribution is 0.0526. The van der Waals surface area contributed by atoms with Crippen LogP contribution in [0.2, 0.25) is 0 Å². The molecule has 1 aliphatic rings. The fraction of sp³-hybridized carbons (Fsp3) is 0.353. The Kier molecular flexibility index (Phi) is 5.10. The molecule has 0 aromatic carbocycles. The van der Waals surface area contributed by atoms with E-state index in [1.54, 1.807) is 31.3 Å². The van der Waals surface area contributed by atoms with Gasteiger partial charge in [-0.2, -0.15) is 0 Å². The second-order valence-electron chi connectivity index (χ2n) is 5.43. The zero-order valence-corrected chi connectivity index (χ0v) is 14.2. The molecule has 2 heterocycles. The Morgan fingerprint density at radius 3 is 2.83 bits per heavy atom. The van der Waals surface area contributed by atoms with Gasteiger partial charge in [0.05, 0.1) is 12.2 Å². The van der Waals surface area contributed by atoms with Gasteiger partial charge >= 0.3 is 12.0 Å². The summed E-state index contributed by atoms with van der Waals surface area (Å²) in [6.07, 6.45) is 5.55. The lowest BCUT2D eigenvalue weighted by Gasteiger charge is -2.12. The number of hydrogen-bond acceptors (Lipinski definition) is 5. The Balaban J connectivity index is 1.82. The molecule has 0 bridgehead atoms. The first-order valence-corrected chi connectivity index (χ1v) is 8.81. The van der Waals surface area contributed by atoms with Crippen molar-refractivity contribution in [1.82, 2.24) is 4.98 Å². The highest BCUT2D eigenvalue weighted by molar-refractivity contribution is 7.17. The summed E-state index contributed by atoms with van der Waals surface area (Å²) in [6, 6.07) is 4.84. The molecule has 2 aromatic rings. The molecular formula is C17H19N3O3S. The number of aromatic nitrogens is 1. The Morgan fingerprint density at radius 1 is 1.25 bits per heavy atom. The summed E-state index contributed by atoms with van der Waals surface area (Å²) in [5, 5.41) is 6.00. The SMILES string of the molecule is CCOC(=O)c1c(NC(=O)Nc2ccccn2)sc2c1CCCC2. The first-order valence-electron chi connectivity index (χ1n) is 7.99. The predicted molar refractivity (Wildman–Crippen MR) is 93.8 cm³/mol. The van der Waals surface area contributed by atoms with Gasteiger partial charge in [0.15, 0.2) is 0 Å². The second kappa shape index (κ2) is 7.44. The summed E-state index contributed by atoms with van der Waals surface area (Å²) >= 11 is 1.46. The number of ether oxygens (including phenoxy) is 1. The van der Waals surface area contributed by atoms with Crippen LogP contribution in [0.25, 0.3) is 0 Å². The number of anilines is 2. The minimum absolute atomic E-state index is 0.309. The smallest absolute Gasteiger partial charge is 0.341 e. The number of nitrogens with zero attached hydrogens (tertiary/aromatic N) is 1. The molecule has 7 heteroatoms. The van der Waals surface area contributed by atoms with Gasteiger partial charge in [-0.3, -0.25) is 10.6 Å². The van der Waals surface area contributed by atoms with Crippen molar-refractivity contribution in [3.63, 3.8) is 0 Å². The molecular weight excluding hydrogens is 326 g/mol. The first-order chi connectivity index (χ1) is 11.7. The third kappa shape index (κ3) is 3.56. The van der Waals surface area contributed by atoms with Crippen LogP contribution >= 0.6 is 11.3 Å². The van der Waals surface area contributed by atoms with Gasteiger partial charge in [0, 0.05) is 11.1 Å². The van der Waals surface area contributed by atoms with Crippen molar-refractivity contribution in [3.8, 4) is 0 Å². The van der Waals surface area contributed by atoms with Crippen molar-refractivity contribution in [2.75, 3.05) is 17.2 Å². The number of rotatable bonds is 4. The van der Waals surface area contributed by atoms with Gasteiger partial charge in [-0.25, -0.2) is 14.6 Å². The van der Waals surface area contributed by atoms with Gasteiger partial charge in [0.25, 0.3) is 0 Å². The van der Waals surface area contributed by atoms with Gasteiger partial charge in [0.1, 0.15) is 10.8 Å². The quantitative estimate of drug-likeness (QED) is 0.825. The van der Waals surface area contributed by atoms with Gasteiger partial charge in [0.2, 0.25) is 0 Å². The molecule has 0 aliphatic heterocycles. The lowest BCUT2D eigenvalue weighted by atomic mass is 9.95. The van der Waals surface area contributed by atoms with E-state index in [1.807, 2.05) is 0 Å². The normalized spacial score (nSPS) is 13.0. The average molecular weight is 345 g/mol. The molecule has 0 fully saturated rings. The van der Waals surface area contributed by atoms with E-state index in [-0.39, 0.29) is 5.97 Å². The summed E-state index contributed by atoms with van der Waals surface area (Å²) in [6.45, 7) is 2.08. The fourth-order valence-corrected chi connectivity index (χ4v) is 4.03. The Labute approximate surface area is 144 Å². The molecule has 126 valence electrons. The van der Waals surface area contributed by atoms with Gasteiger partial charge in [-0.1, -0.05) is 6.07 Å². The van der Waals surface area contributed by atoms with E-state index in [4.69, 9.17) is 4.74 Å². The van der Waals surface area contributed by atoms with Crippen LogP contribution in [-0.2, 0) is 17.6 Å². The molecule has 0 saturated carbocycles. The van der Waals surface area contributed by atoms with E-state index in [0.29, 0.717) is 23.0 Å². The predicted octanol–water partition coefficient (Wildman–Crippen LogP) is 3.84. The summed E-state index contributed by atoms with van der Waals surface area (Å²) in [5.41, 5.74) is 1.53. The highest BCUT2D eigenvalue weighted by atomic mass is 32.1. The van der Waals surface area contributed by atoms with Crippen molar-refractivity contribution in [2.45, 2.75) is 32.6 Å². The van der Waals surface area contributed by atoms with Crippen LogP contribution in [0, 0.1) is 0 Å². The molecule has 0 saturated heterocycles. The van der Waals surface area contributed by atoms with Crippen molar-refractivity contribution >= 4 is 34.2 Å². The number of urea groups is 1. The van der Waals surface area contributed by atoms with Crippen molar-refractivity contribution in [3.05, 3.63) is 40.4 Å². The first kappa shape index (κ1) is 16.4. The van der Waals surface area contributed by atoms with Crippen LogP contribution in [0.1, 0.15) is 40.6 Å². The third-order valence-electron chi connectivity index (χ3n) is 3.78. The van der Waals surface area contributed by atoms with Crippen molar-refractivity contribution in [1.29, 1.82) is 0 Å². The Morgan fingerprint density at radius 2 is 2.08 bits per heavy atom. The van der Waals surface area contributed by atoms with E-state index in [2.05, 4.69) is 15.6 Å². The van der Waals surface area contributed by atoms with Gasteiger partial charge < -0.3 is 4.74 Å². The molecule has 24 heavy (non-hydrogen) atoms. The maximum absolute atomic E-state index is 12.3. The number of amides is 2. The van der Waals surface area contributed by atoms with E-state index < -0.39 is 6.03 Å². The summed E-state index contributed by atoms with van der Waals surface area (Å²) in [7, 11) is 0. The zero-order chi connectivity index (χ0) is 16.9. The highest BCUT2D eigenvalue weighted by Crippen LogP contribution is 2.38. The molecule has 3 rings (SSSR count). The summed E-state index contributed by atoms with van der Waals surface area (Å²) < 4.78 is 5.18. The molecule has 0 unspecified atom stereocenters. The minimum Gasteiger partial charge on any atom is -0.462 e. The van der Waals surface area contributed by atoms with Crippen LogP contribution in [0.5, 0.6) is 0 Å². The van der Waals surface area contributed by atoms with E-state index in [0.717, 1.165) is 36.1 Å². The van der Waals surface area contributed by atoms with E-state index in [9.17, 15) is 9.59 Å².